The van der Waals surface area contributed by atoms with Gasteiger partial charge >= 0.3 is 0 Å². The summed E-state index contributed by atoms with van der Waals surface area (Å²) in [6.07, 6.45) is 7.02. The molecule has 1 heteroatoms. The van der Waals surface area contributed by atoms with Gasteiger partial charge in [0.25, 0.3) is 0 Å². The topological polar surface area (TPSA) is 12.0 Å². The first kappa shape index (κ1) is 19.0. The minimum absolute atomic E-state index is 0.249. The average molecular weight is 296 g/mol. The first-order valence-electron chi connectivity index (χ1n) is 9.29. The second-order valence-corrected chi connectivity index (χ2v) is 9.70. The van der Waals surface area contributed by atoms with Gasteiger partial charge in [0.1, 0.15) is 0 Å². The zero-order chi connectivity index (χ0) is 16.3. The van der Waals surface area contributed by atoms with Crippen LogP contribution in [0, 0.1) is 29.1 Å². The van der Waals surface area contributed by atoms with Crippen molar-refractivity contribution in [2.45, 2.75) is 93.0 Å². The number of nitrogens with one attached hydrogen (secondary N) is 1. The highest BCUT2D eigenvalue weighted by Crippen LogP contribution is 2.45. The summed E-state index contributed by atoms with van der Waals surface area (Å²) < 4.78 is 0. The fourth-order valence-electron chi connectivity index (χ4n) is 4.11. The van der Waals surface area contributed by atoms with Gasteiger partial charge in [-0.3, -0.25) is 0 Å². The highest BCUT2D eigenvalue weighted by atomic mass is 14.9. The van der Waals surface area contributed by atoms with Crippen LogP contribution in [0.3, 0.4) is 0 Å². The van der Waals surface area contributed by atoms with Crippen LogP contribution in [0.2, 0.25) is 0 Å². The Labute approximate surface area is 134 Å². The Kier molecular flexibility index (Phi) is 6.78. The van der Waals surface area contributed by atoms with Gasteiger partial charge in [0.05, 0.1) is 0 Å². The maximum absolute atomic E-state index is 3.77. The first-order chi connectivity index (χ1) is 9.54. The van der Waals surface area contributed by atoms with E-state index in [1.54, 1.807) is 0 Å². The van der Waals surface area contributed by atoms with E-state index in [1.165, 1.54) is 38.6 Å². The lowest BCUT2D eigenvalue weighted by atomic mass is 9.62. The summed E-state index contributed by atoms with van der Waals surface area (Å²) in [5.41, 5.74) is 0.728. The van der Waals surface area contributed by atoms with Crippen molar-refractivity contribution in [3.63, 3.8) is 0 Å². The Hall–Kier alpha value is -0.0400. The number of hydrogen-bond donors (Lipinski definition) is 1. The van der Waals surface area contributed by atoms with E-state index >= 15 is 0 Å². The molecule has 0 spiro atoms. The third-order valence-corrected chi connectivity index (χ3v) is 5.64. The molecule has 0 heterocycles. The van der Waals surface area contributed by atoms with Gasteiger partial charge in [0.15, 0.2) is 0 Å². The zero-order valence-corrected chi connectivity index (χ0v) is 16.1. The molecule has 0 aromatic carbocycles. The van der Waals surface area contributed by atoms with Crippen LogP contribution in [0.15, 0.2) is 0 Å². The van der Waals surface area contributed by atoms with Gasteiger partial charge in [-0.05, 0) is 75.7 Å². The van der Waals surface area contributed by atoms with Crippen molar-refractivity contribution in [3.8, 4) is 0 Å². The molecule has 0 saturated heterocycles. The van der Waals surface area contributed by atoms with Crippen LogP contribution >= 0.6 is 0 Å². The van der Waals surface area contributed by atoms with Crippen LogP contribution in [0.4, 0.5) is 0 Å². The fraction of sp³-hybridized carbons (Fsp3) is 1.00. The molecule has 0 aromatic rings. The van der Waals surface area contributed by atoms with Crippen molar-refractivity contribution < 1.29 is 0 Å². The predicted molar refractivity (Wildman–Crippen MR) is 95.6 cm³/mol. The fourth-order valence-corrected chi connectivity index (χ4v) is 4.11. The van der Waals surface area contributed by atoms with Crippen LogP contribution in [-0.2, 0) is 0 Å². The summed E-state index contributed by atoms with van der Waals surface area (Å²) in [4.78, 5) is 0. The van der Waals surface area contributed by atoms with Crippen molar-refractivity contribution >= 4 is 0 Å². The maximum Gasteiger partial charge on any atom is 0.00966 e. The van der Waals surface area contributed by atoms with Crippen molar-refractivity contribution in [1.29, 1.82) is 0 Å². The quantitative estimate of drug-likeness (QED) is 0.667. The van der Waals surface area contributed by atoms with E-state index in [0.29, 0.717) is 5.41 Å². The van der Waals surface area contributed by atoms with E-state index in [1.807, 2.05) is 0 Å². The van der Waals surface area contributed by atoms with E-state index < -0.39 is 0 Å². The summed E-state index contributed by atoms with van der Waals surface area (Å²) in [5, 5.41) is 3.77. The lowest BCUT2D eigenvalue weighted by molar-refractivity contribution is 0.0626. The predicted octanol–water partition coefficient (Wildman–Crippen LogP) is 5.89. The van der Waals surface area contributed by atoms with Gasteiger partial charge in [-0.25, -0.2) is 0 Å². The molecule has 0 radical (unpaired) electrons. The van der Waals surface area contributed by atoms with Crippen molar-refractivity contribution in [3.05, 3.63) is 0 Å². The molecule has 0 aromatic heterocycles. The van der Waals surface area contributed by atoms with Crippen LogP contribution in [0.5, 0.6) is 0 Å². The molecule has 126 valence electrons. The Morgan fingerprint density at radius 1 is 1.05 bits per heavy atom. The molecular weight excluding hydrogens is 254 g/mol. The molecule has 0 amide bonds. The summed E-state index contributed by atoms with van der Waals surface area (Å²) >= 11 is 0. The molecule has 1 fully saturated rings. The Morgan fingerprint density at radius 2 is 1.67 bits per heavy atom. The molecule has 1 rings (SSSR count). The third-order valence-electron chi connectivity index (χ3n) is 5.64. The SMILES string of the molecule is CCCC(C)C1CC(C(C)(C)C)CCC1CNC(C)(C)C. The lowest BCUT2D eigenvalue weighted by Crippen LogP contribution is -2.44. The van der Waals surface area contributed by atoms with Crippen LogP contribution in [-0.4, -0.2) is 12.1 Å². The van der Waals surface area contributed by atoms with E-state index in [2.05, 4.69) is 60.7 Å². The molecule has 0 bridgehead atoms. The van der Waals surface area contributed by atoms with Gasteiger partial charge in [-0.2, -0.15) is 0 Å². The van der Waals surface area contributed by atoms with Crippen molar-refractivity contribution in [2.75, 3.05) is 6.54 Å². The van der Waals surface area contributed by atoms with Crippen molar-refractivity contribution in [2.24, 2.45) is 29.1 Å². The minimum Gasteiger partial charge on any atom is -0.312 e. The van der Waals surface area contributed by atoms with Crippen LogP contribution in [0.25, 0.3) is 0 Å². The molecule has 1 aliphatic rings. The van der Waals surface area contributed by atoms with Crippen LogP contribution < -0.4 is 5.32 Å². The number of hydrogen-bond acceptors (Lipinski definition) is 1. The monoisotopic (exact) mass is 295 g/mol. The highest BCUT2D eigenvalue weighted by molar-refractivity contribution is 4.89. The van der Waals surface area contributed by atoms with E-state index in [-0.39, 0.29) is 5.54 Å². The van der Waals surface area contributed by atoms with E-state index in [0.717, 1.165) is 23.7 Å². The molecule has 1 saturated carbocycles. The van der Waals surface area contributed by atoms with E-state index in [4.69, 9.17) is 0 Å². The molecule has 1 N–H and O–H groups in total. The first-order valence-corrected chi connectivity index (χ1v) is 9.29. The molecule has 21 heavy (non-hydrogen) atoms. The lowest BCUT2D eigenvalue weighted by Gasteiger charge is -2.45. The minimum atomic E-state index is 0.249. The Morgan fingerprint density at radius 3 is 2.14 bits per heavy atom. The standard InChI is InChI=1S/C20H41N/c1-9-10-15(2)18-13-17(19(3,4)5)12-11-16(18)14-21-20(6,7)8/h15-18,21H,9-14H2,1-8H3. The third kappa shape index (κ3) is 6.30. The number of rotatable bonds is 5. The average Bonchev–Trinajstić information content (AvgIpc) is 2.34. The summed E-state index contributed by atoms with van der Waals surface area (Å²) in [5.74, 6) is 3.58. The highest BCUT2D eigenvalue weighted by Gasteiger charge is 2.37. The zero-order valence-electron chi connectivity index (χ0n) is 16.1. The molecule has 1 aliphatic carbocycles. The Balaban J connectivity index is 2.73. The maximum atomic E-state index is 3.77. The summed E-state index contributed by atoms with van der Waals surface area (Å²) in [6, 6.07) is 0. The molecule has 0 aliphatic heterocycles. The van der Waals surface area contributed by atoms with Gasteiger partial charge in [0, 0.05) is 5.54 Å². The largest absolute Gasteiger partial charge is 0.312 e. The molecule has 1 nitrogen and oxygen atoms in total. The van der Waals surface area contributed by atoms with Gasteiger partial charge in [-0.1, -0.05) is 47.5 Å². The van der Waals surface area contributed by atoms with Crippen molar-refractivity contribution in [1.82, 2.24) is 5.32 Å². The molecule has 4 unspecified atom stereocenters. The van der Waals surface area contributed by atoms with Gasteiger partial charge < -0.3 is 5.32 Å². The smallest absolute Gasteiger partial charge is 0.00966 e. The Bertz CT molecular complexity index is 294. The second kappa shape index (κ2) is 7.49. The molecular formula is C20H41N. The molecule has 4 atom stereocenters. The second-order valence-electron chi connectivity index (χ2n) is 9.70. The van der Waals surface area contributed by atoms with E-state index in [9.17, 15) is 0 Å². The summed E-state index contributed by atoms with van der Waals surface area (Å²) in [6.45, 7) is 20.2. The van der Waals surface area contributed by atoms with Crippen LogP contribution in [0.1, 0.15) is 87.5 Å². The van der Waals surface area contributed by atoms with Gasteiger partial charge in [-0.15, -0.1) is 0 Å². The van der Waals surface area contributed by atoms with Gasteiger partial charge in [0.2, 0.25) is 0 Å². The summed E-state index contributed by atoms with van der Waals surface area (Å²) in [7, 11) is 0. The normalized spacial score (nSPS) is 29.4.